The number of nitrogens with one attached hydrogen (secondary N) is 1. The van der Waals surface area contributed by atoms with Gasteiger partial charge in [0.1, 0.15) is 13.2 Å². The fourth-order valence-corrected chi connectivity index (χ4v) is 4.00. The molecule has 6 heteroatoms. The number of hydrogen-bond donors (Lipinski definition) is 1. The molecule has 1 N–H and O–H groups in total. The van der Waals surface area contributed by atoms with E-state index in [4.69, 9.17) is 9.47 Å². The van der Waals surface area contributed by atoms with E-state index in [9.17, 15) is 9.59 Å². The predicted molar refractivity (Wildman–Crippen MR) is 166 cm³/mol. The molecule has 3 aromatic rings. The van der Waals surface area contributed by atoms with Crippen molar-refractivity contribution in [3.05, 3.63) is 105 Å². The van der Waals surface area contributed by atoms with Gasteiger partial charge in [-0.1, -0.05) is 53.1 Å². The lowest BCUT2D eigenvalue weighted by Gasteiger charge is -2.17. The number of allylic oxidation sites excluding steroid dienone is 4. The zero-order valence-corrected chi connectivity index (χ0v) is 24.4. The van der Waals surface area contributed by atoms with Gasteiger partial charge in [-0.05, 0) is 89.5 Å². The Kier molecular flexibility index (Phi) is 11.1. The van der Waals surface area contributed by atoms with Crippen molar-refractivity contribution < 1.29 is 14.3 Å². The number of pyridine rings is 1. The van der Waals surface area contributed by atoms with Crippen LogP contribution in [0.1, 0.15) is 53.0 Å². The molecule has 0 atom stereocenters. The second-order valence-corrected chi connectivity index (χ2v) is 10.3. The summed E-state index contributed by atoms with van der Waals surface area (Å²) >= 11 is 0. The summed E-state index contributed by atoms with van der Waals surface area (Å²) in [5.41, 5.74) is 5.44. The SMILES string of the molecule is CC(C)=CCC/C(C)=C/COc1c(OCC=C(C)C)c2ccc(NC(=O)C=Cc3ccccc3)cc2n(C)c1=O. The quantitative estimate of drug-likeness (QED) is 0.190. The van der Waals surface area contributed by atoms with Crippen LogP contribution >= 0.6 is 0 Å². The lowest BCUT2D eigenvalue weighted by molar-refractivity contribution is -0.111. The van der Waals surface area contributed by atoms with Gasteiger partial charge in [0.25, 0.3) is 5.56 Å². The van der Waals surface area contributed by atoms with E-state index in [0.717, 1.165) is 29.4 Å². The molecule has 40 heavy (non-hydrogen) atoms. The Balaban J connectivity index is 1.89. The molecular weight excluding hydrogens is 500 g/mol. The molecule has 3 rings (SSSR count). The molecular formula is C34H40N2O4. The first kappa shape index (κ1) is 30.2. The van der Waals surface area contributed by atoms with Gasteiger partial charge >= 0.3 is 0 Å². The van der Waals surface area contributed by atoms with Gasteiger partial charge in [0.2, 0.25) is 11.7 Å². The molecule has 0 radical (unpaired) electrons. The number of fused-ring (bicyclic) bond motifs is 1. The summed E-state index contributed by atoms with van der Waals surface area (Å²) in [5.74, 6) is 0.307. The van der Waals surface area contributed by atoms with Gasteiger partial charge in [0, 0.05) is 24.2 Å². The van der Waals surface area contributed by atoms with Crippen molar-refractivity contribution in [1.82, 2.24) is 4.57 Å². The smallest absolute Gasteiger partial charge is 0.297 e. The fraction of sp³-hybridized carbons (Fsp3) is 0.294. The molecule has 0 spiro atoms. The maximum absolute atomic E-state index is 13.4. The Morgan fingerprint density at radius 1 is 0.875 bits per heavy atom. The zero-order chi connectivity index (χ0) is 29.1. The van der Waals surface area contributed by atoms with Crippen molar-refractivity contribution in [2.75, 3.05) is 18.5 Å². The number of anilines is 1. The fourth-order valence-electron chi connectivity index (χ4n) is 4.00. The van der Waals surface area contributed by atoms with Crippen LogP contribution in [0.5, 0.6) is 11.5 Å². The van der Waals surface area contributed by atoms with Crippen LogP contribution < -0.4 is 20.3 Å². The number of ether oxygens (including phenoxy) is 2. The first-order valence-corrected chi connectivity index (χ1v) is 13.5. The average molecular weight is 541 g/mol. The highest BCUT2D eigenvalue weighted by atomic mass is 16.5. The second kappa shape index (κ2) is 14.7. The number of aromatic nitrogens is 1. The van der Waals surface area contributed by atoms with Gasteiger partial charge in [0.15, 0.2) is 5.75 Å². The van der Waals surface area contributed by atoms with Crippen LogP contribution in [0.15, 0.2) is 94.3 Å². The molecule has 0 saturated heterocycles. The standard InChI is InChI=1S/C34H40N2O4/c1-24(2)11-10-12-26(5)20-22-40-33-32(39-21-19-25(3)4)29-17-16-28(23-30(29)36(6)34(33)38)35-31(37)18-15-27-13-8-7-9-14-27/h7-9,11,13-20,23H,10,12,21-22H2,1-6H3,(H,35,37)/b18-15?,26-20+. The molecule has 0 saturated carbocycles. The molecule has 1 aromatic heterocycles. The van der Waals surface area contributed by atoms with Crippen LogP contribution in [0.25, 0.3) is 17.0 Å². The van der Waals surface area contributed by atoms with Gasteiger partial charge < -0.3 is 19.4 Å². The predicted octanol–water partition coefficient (Wildman–Crippen LogP) is 7.61. The van der Waals surface area contributed by atoms with Crippen molar-refractivity contribution >= 4 is 28.6 Å². The third kappa shape index (κ3) is 8.87. The Labute approximate surface area is 237 Å². The summed E-state index contributed by atoms with van der Waals surface area (Å²) in [5, 5.41) is 3.60. The lowest BCUT2D eigenvalue weighted by Crippen LogP contribution is -2.21. The highest BCUT2D eigenvalue weighted by Crippen LogP contribution is 2.34. The minimum absolute atomic E-state index is 0.174. The molecule has 0 aliphatic heterocycles. The Hall–Kier alpha value is -4.32. The Bertz CT molecular complexity index is 1500. The number of amides is 1. The van der Waals surface area contributed by atoms with Crippen molar-refractivity contribution in [3.63, 3.8) is 0 Å². The van der Waals surface area contributed by atoms with Crippen LogP contribution in [-0.4, -0.2) is 23.7 Å². The molecule has 6 nitrogen and oxygen atoms in total. The maximum atomic E-state index is 13.4. The second-order valence-electron chi connectivity index (χ2n) is 10.3. The van der Waals surface area contributed by atoms with Gasteiger partial charge in [-0.15, -0.1) is 0 Å². The lowest BCUT2D eigenvalue weighted by atomic mass is 10.1. The van der Waals surface area contributed by atoms with Gasteiger partial charge in [-0.25, -0.2) is 0 Å². The molecule has 0 fully saturated rings. The van der Waals surface area contributed by atoms with Crippen LogP contribution in [0, 0.1) is 0 Å². The largest absolute Gasteiger partial charge is 0.485 e. The number of carbonyl (C=O) groups excluding carboxylic acids is 1. The van der Waals surface area contributed by atoms with Crippen LogP contribution in [0.4, 0.5) is 5.69 Å². The normalized spacial score (nSPS) is 11.4. The number of aryl methyl sites for hydroxylation is 1. The van der Waals surface area contributed by atoms with E-state index in [1.54, 1.807) is 25.3 Å². The molecule has 0 aliphatic rings. The minimum Gasteiger partial charge on any atom is -0.485 e. The van der Waals surface area contributed by atoms with Crippen LogP contribution in [0.3, 0.4) is 0 Å². The van der Waals surface area contributed by atoms with Crippen molar-refractivity contribution in [3.8, 4) is 11.5 Å². The number of benzene rings is 2. The first-order valence-electron chi connectivity index (χ1n) is 13.5. The zero-order valence-electron chi connectivity index (χ0n) is 24.4. The van der Waals surface area contributed by atoms with Gasteiger partial charge in [-0.3, -0.25) is 9.59 Å². The van der Waals surface area contributed by atoms with E-state index in [0.29, 0.717) is 23.6 Å². The van der Waals surface area contributed by atoms with E-state index in [2.05, 4.69) is 32.2 Å². The van der Waals surface area contributed by atoms with E-state index < -0.39 is 0 Å². The molecule has 0 bridgehead atoms. The number of carbonyl (C=O) groups is 1. The summed E-state index contributed by atoms with van der Waals surface area (Å²) < 4.78 is 13.7. The number of rotatable bonds is 12. The summed E-state index contributed by atoms with van der Waals surface area (Å²) in [4.78, 5) is 26.0. The van der Waals surface area contributed by atoms with Crippen molar-refractivity contribution in [2.45, 2.75) is 47.5 Å². The number of nitrogens with zero attached hydrogens (tertiary/aromatic N) is 1. The average Bonchev–Trinajstić information content (AvgIpc) is 2.92. The highest BCUT2D eigenvalue weighted by molar-refractivity contribution is 6.03. The van der Waals surface area contributed by atoms with Crippen LogP contribution in [0.2, 0.25) is 0 Å². The monoisotopic (exact) mass is 540 g/mol. The van der Waals surface area contributed by atoms with Crippen molar-refractivity contribution in [2.24, 2.45) is 7.05 Å². The summed E-state index contributed by atoms with van der Waals surface area (Å²) in [7, 11) is 1.69. The Morgan fingerprint density at radius 2 is 1.55 bits per heavy atom. The first-order chi connectivity index (χ1) is 19.2. The molecule has 210 valence electrons. The van der Waals surface area contributed by atoms with Crippen LogP contribution in [-0.2, 0) is 11.8 Å². The molecule has 1 heterocycles. The third-order valence-corrected chi connectivity index (χ3v) is 6.27. The van der Waals surface area contributed by atoms with E-state index >= 15 is 0 Å². The van der Waals surface area contributed by atoms with E-state index in [-0.39, 0.29) is 23.8 Å². The third-order valence-electron chi connectivity index (χ3n) is 6.27. The van der Waals surface area contributed by atoms with E-state index in [1.807, 2.05) is 62.4 Å². The van der Waals surface area contributed by atoms with Gasteiger partial charge in [-0.2, -0.15) is 0 Å². The number of hydrogen-bond acceptors (Lipinski definition) is 4. The van der Waals surface area contributed by atoms with Gasteiger partial charge in [0.05, 0.1) is 5.52 Å². The maximum Gasteiger partial charge on any atom is 0.297 e. The van der Waals surface area contributed by atoms with Crippen molar-refractivity contribution in [1.29, 1.82) is 0 Å². The molecule has 0 aliphatic carbocycles. The summed E-state index contributed by atoms with van der Waals surface area (Å²) in [6.07, 6.45) is 11.3. The summed E-state index contributed by atoms with van der Waals surface area (Å²) in [6, 6.07) is 15.0. The summed E-state index contributed by atoms with van der Waals surface area (Å²) in [6.45, 7) is 10.8. The Morgan fingerprint density at radius 3 is 2.25 bits per heavy atom. The van der Waals surface area contributed by atoms with E-state index in [1.165, 1.54) is 21.8 Å². The highest BCUT2D eigenvalue weighted by Gasteiger charge is 2.19. The topological polar surface area (TPSA) is 69.6 Å². The molecule has 2 aromatic carbocycles. The molecule has 0 unspecified atom stereocenters. The minimum atomic E-state index is -0.303. The molecule has 1 amide bonds.